The van der Waals surface area contributed by atoms with E-state index in [1.165, 1.54) is 12.8 Å². The summed E-state index contributed by atoms with van der Waals surface area (Å²) in [6.45, 7) is 8.82. The number of amides is 1. The molecule has 0 unspecified atom stereocenters. The minimum Gasteiger partial charge on any atom is -0.370 e. The number of rotatable bonds is 5. The van der Waals surface area contributed by atoms with Crippen molar-refractivity contribution in [3.05, 3.63) is 12.3 Å². The van der Waals surface area contributed by atoms with Crippen molar-refractivity contribution in [2.75, 3.05) is 62.6 Å². The first-order valence-corrected chi connectivity index (χ1v) is 9.58. The Bertz CT molecular complexity index is 550. The SMILES string of the molecule is CCNc1ccnc(N2CCN(CC(=O)N3CCCCCC3)CC2)n1. The normalized spacial score (nSPS) is 19.6. The Morgan fingerprint density at radius 2 is 1.80 bits per heavy atom. The lowest BCUT2D eigenvalue weighted by molar-refractivity contribution is -0.132. The number of piperazine rings is 1. The van der Waals surface area contributed by atoms with Gasteiger partial charge in [0.2, 0.25) is 11.9 Å². The predicted octanol–water partition coefficient (Wildman–Crippen LogP) is 1.43. The number of likely N-dealkylation sites (tertiary alicyclic amines) is 1. The highest BCUT2D eigenvalue weighted by Crippen LogP contribution is 2.14. The van der Waals surface area contributed by atoms with Gasteiger partial charge in [-0.15, -0.1) is 0 Å². The average molecular weight is 346 g/mol. The third kappa shape index (κ3) is 5.04. The van der Waals surface area contributed by atoms with Crippen molar-refractivity contribution in [3.8, 4) is 0 Å². The van der Waals surface area contributed by atoms with E-state index in [0.29, 0.717) is 12.5 Å². The fourth-order valence-electron chi connectivity index (χ4n) is 3.50. The van der Waals surface area contributed by atoms with E-state index >= 15 is 0 Å². The third-order valence-corrected chi connectivity index (χ3v) is 4.97. The maximum absolute atomic E-state index is 12.5. The van der Waals surface area contributed by atoms with Gasteiger partial charge < -0.3 is 15.1 Å². The number of hydrogen-bond acceptors (Lipinski definition) is 6. The van der Waals surface area contributed by atoms with Gasteiger partial charge in [0.05, 0.1) is 6.54 Å². The van der Waals surface area contributed by atoms with Crippen LogP contribution in [0, 0.1) is 0 Å². The van der Waals surface area contributed by atoms with Crippen molar-refractivity contribution >= 4 is 17.7 Å². The summed E-state index contributed by atoms with van der Waals surface area (Å²) in [5, 5.41) is 3.22. The van der Waals surface area contributed by atoms with Crippen molar-refractivity contribution in [3.63, 3.8) is 0 Å². The lowest BCUT2D eigenvalue weighted by Gasteiger charge is -2.35. The van der Waals surface area contributed by atoms with Gasteiger partial charge in [0.25, 0.3) is 0 Å². The molecule has 2 saturated heterocycles. The third-order valence-electron chi connectivity index (χ3n) is 4.97. The number of nitrogens with zero attached hydrogens (tertiary/aromatic N) is 5. The smallest absolute Gasteiger partial charge is 0.236 e. The quantitative estimate of drug-likeness (QED) is 0.870. The van der Waals surface area contributed by atoms with Gasteiger partial charge in [0.15, 0.2) is 0 Å². The summed E-state index contributed by atoms with van der Waals surface area (Å²) in [6.07, 6.45) is 6.62. The highest BCUT2D eigenvalue weighted by Gasteiger charge is 2.23. The highest BCUT2D eigenvalue weighted by atomic mass is 16.2. The number of anilines is 2. The standard InChI is InChI=1S/C18H30N6O/c1-2-19-16-7-8-20-18(21-16)24-13-11-22(12-14-24)15-17(25)23-9-5-3-4-6-10-23/h7-8H,2-6,9-15H2,1H3,(H,19,20,21). The van der Waals surface area contributed by atoms with Crippen LogP contribution in [0.15, 0.2) is 12.3 Å². The lowest BCUT2D eigenvalue weighted by Crippen LogP contribution is -2.50. The minimum absolute atomic E-state index is 0.292. The zero-order valence-corrected chi connectivity index (χ0v) is 15.3. The van der Waals surface area contributed by atoms with Gasteiger partial charge >= 0.3 is 0 Å². The van der Waals surface area contributed by atoms with Crippen LogP contribution >= 0.6 is 0 Å². The number of carbonyl (C=O) groups excluding carboxylic acids is 1. The Labute approximate surface area is 150 Å². The maximum atomic E-state index is 12.5. The second kappa shape index (κ2) is 8.99. The number of carbonyl (C=O) groups is 1. The summed E-state index contributed by atoms with van der Waals surface area (Å²) in [5.41, 5.74) is 0. The molecule has 138 valence electrons. The molecule has 3 heterocycles. The fourth-order valence-corrected chi connectivity index (χ4v) is 3.50. The molecule has 1 aromatic heterocycles. The van der Waals surface area contributed by atoms with Crippen LogP contribution in [-0.4, -0.2) is 78.0 Å². The topological polar surface area (TPSA) is 64.6 Å². The molecule has 0 radical (unpaired) electrons. The van der Waals surface area contributed by atoms with Gasteiger partial charge in [-0.05, 0) is 25.8 Å². The Morgan fingerprint density at radius 1 is 1.08 bits per heavy atom. The summed E-state index contributed by atoms with van der Waals surface area (Å²) in [6, 6.07) is 1.89. The van der Waals surface area contributed by atoms with Gasteiger partial charge in [-0.25, -0.2) is 4.98 Å². The second-order valence-electron chi connectivity index (χ2n) is 6.83. The molecule has 0 atom stereocenters. The molecule has 0 bridgehead atoms. The molecule has 0 saturated carbocycles. The Kier molecular flexibility index (Phi) is 6.44. The fraction of sp³-hybridized carbons (Fsp3) is 0.722. The van der Waals surface area contributed by atoms with Crippen molar-refractivity contribution in [1.29, 1.82) is 0 Å². The molecule has 0 spiro atoms. The first kappa shape index (κ1) is 17.9. The highest BCUT2D eigenvalue weighted by molar-refractivity contribution is 5.78. The number of hydrogen-bond donors (Lipinski definition) is 1. The summed E-state index contributed by atoms with van der Waals surface area (Å²) >= 11 is 0. The molecule has 2 aliphatic rings. The molecule has 2 fully saturated rings. The molecule has 7 heteroatoms. The number of nitrogens with one attached hydrogen (secondary N) is 1. The van der Waals surface area contributed by atoms with Crippen LogP contribution in [0.3, 0.4) is 0 Å². The van der Waals surface area contributed by atoms with Gasteiger partial charge in [-0.2, -0.15) is 4.98 Å². The van der Waals surface area contributed by atoms with E-state index in [9.17, 15) is 4.79 Å². The van der Waals surface area contributed by atoms with Crippen LogP contribution in [-0.2, 0) is 4.79 Å². The van der Waals surface area contributed by atoms with E-state index in [2.05, 4.69) is 36.9 Å². The zero-order chi connectivity index (χ0) is 17.5. The molecule has 1 aromatic rings. The minimum atomic E-state index is 0.292. The van der Waals surface area contributed by atoms with E-state index in [4.69, 9.17) is 0 Å². The monoisotopic (exact) mass is 346 g/mol. The lowest BCUT2D eigenvalue weighted by atomic mass is 10.2. The summed E-state index contributed by atoms with van der Waals surface area (Å²) < 4.78 is 0. The van der Waals surface area contributed by atoms with Crippen LogP contribution in [0.25, 0.3) is 0 Å². The van der Waals surface area contributed by atoms with Crippen LogP contribution in [0.1, 0.15) is 32.6 Å². The van der Waals surface area contributed by atoms with Gasteiger partial charge in [-0.1, -0.05) is 12.8 Å². The first-order valence-electron chi connectivity index (χ1n) is 9.58. The van der Waals surface area contributed by atoms with Crippen LogP contribution in [0.5, 0.6) is 0 Å². The van der Waals surface area contributed by atoms with Crippen LogP contribution < -0.4 is 10.2 Å². The van der Waals surface area contributed by atoms with Gasteiger partial charge in [-0.3, -0.25) is 9.69 Å². The molecule has 0 aliphatic carbocycles. The molecule has 1 N–H and O–H groups in total. The van der Waals surface area contributed by atoms with E-state index in [-0.39, 0.29) is 0 Å². The molecular weight excluding hydrogens is 316 g/mol. The molecule has 25 heavy (non-hydrogen) atoms. The summed E-state index contributed by atoms with van der Waals surface area (Å²) in [4.78, 5) is 28.0. The molecule has 2 aliphatic heterocycles. The van der Waals surface area contributed by atoms with Crippen molar-refractivity contribution in [2.24, 2.45) is 0 Å². The van der Waals surface area contributed by atoms with Crippen LogP contribution in [0.4, 0.5) is 11.8 Å². The largest absolute Gasteiger partial charge is 0.370 e. The zero-order valence-electron chi connectivity index (χ0n) is 15.3. The molecule has 1 amide bonds. The Hall–Kier alpha value is -1.89. The van der Waals surface area contributed by atoms with Gasteiger partial charge in [0.1, 0.15) is 5.82 Å². The van der Waals surface area contributed by atoms with Crippen LogP contribution in [0.2, 0.25) is 0 Å². The predicted molar refractivity (Wildman–Crippen MR) is 99.9 cm³/mol. The van der Waals surface area contributed by atoms with Crippen molar-refractivity contribution in [2.45, 2.75) is 32.6 Å². The van der Waals surface area contributed by atoms with E-state index in [1.54, 1.807) is 6.20 Å². The number of aromatic nitrogens is 2. The Morgan fingerprint density at radius 3 is 2.48 bits per heavy atom. The van der Waals surface area contributed by atoms with E-state index in [0.717, 1.165) is 70.4 Å². The molecule has 7 nitrogen and oxygen atoms in total. The average Bonchev–Trinajstić information content (AvgIpc) is 2.92. The maximum Gasteiger partial charge on any atom is 0.236 e. The van der Waals surface area contributed by atoms with Gasteiger partial charge in [0, 0.05) is 52.0 Å². The molecule has 0 aromatic carbocycles. The van der Waals surface area contributed by atoms with E-state index < -0.39 is 0 Å². The Balaban J connectivity index is 1.48. The first-order chi connectivity index (χ1) is 12.3. The summed E-state index contributed by atoms with van der Waals surface area (Å²) in [5.74, 6) is 1.93. The van der Waals surface area contributed by atoms with E-state index in [1.807, 2.05) is 6.07 Å². The van der Waals surface area contributed by atoms with Crippen molar-refractivity contribution in [1.82, 2.24) is 19.8 Å². The second-order valence-corrected chi connectivity index (χ2v) is 6.83. The van der Waals surface area contributed by atoms with Crippen molar-refractivity contribution < 1.29 is 4.79 Å². The summed E-state index contributed by atoms with van der Waals surface area (Å²) in [7, 11) is 0. The molecular formula is C18H30N6O. The molecule has 3 rings (SSSR count).